The molecule has 1 atom stereocenters. The van der Waals surface area contributed by atoms with Gasteiger partial charge >= 0.3 is 0 Å². The first kappa shape index (κ1) is 19.8. The molecular formula is C15H34BrN. The summed E-state index contributed by atoms with van der Waals surface area (Å²) in [6, 6.07) is 0. The summed E-state index contributed by atoms with van der Waals surface area (Å²) in [4.78, 5) is 0. The molecule has 0 radical (unpaired) electrons. The molecule has 17 heavy (non-hydrogen) atoms. The van der Waals surface area contributed by atoms with E-state index in [4.69, 9.17) is 5.73 Å². The molecule has 0 aliphatic carbocycles. The molecule has 0 aliphatic heterocycles. The molecule has 0 aromatic heterocycles. The third-order valence-corrected chi connectivity index (χ3v) is 4.19. The molecule has 0 saturated carbocycles. The Morgan fingerprint density at radius 3 is 1.88 bits per heavy atom. The molecule has 2 heteroatoms. The van der Waals surface area contributed by atoms with Gasteiger partial charge in [-0.2, -0.15) is 0 Å². The number of hydrogen-bond donors (Lipinski definition) is 1. The fraction of sp³-hybridized carbons (Fsp3) is 1.00. The summed E-state index contributed by atoms with van der Waals surface area (Å²) >= 11 is 0. The quantitative estimate of drug-likeness (QED) is 0.624. The molecule has 0 aliphatic rings. The van der Waals surface area contributed by atoms with Crippen molar-refractivity contribution in [3.05, 3.63) is 0 Å². The van der Waals surface area contributed by atoms with E-state index in [1.54, 1.807) is 0 Å². The Kier molecular flexibility index (Phi) is 12.1. The van der Waals surface area contributed by atoms with Crippen LogP contribution in [0.3, 0.4) is 0 Å². The molecule has 0 heterocycles. The van der Waals surface area contributed by atoms with Crippen molar-refractivity contribution >= 4 is 17.0 Å². The van der Waals surface area contributed by atoms with Crippen LogP contribution in [0.15, 0.2) is 0 Å². The SMILES string of the molecule is Br.CCC(CC)(CN)CC(C)CCCC(C)C. The predicted octanol–water partition coefficient (Wildman–Crippen LogP) is 5.18. The van der Waals surface area contributed by atoms with E-state index in [1.807, 2.05) is 0 Å². The Balaban J connectivity index is 0. The number of halogens is 1. The van der Waals surface area contributed by atoms with Crippen molar-refractivity contribution in [1.29, 1.82) is 0 Å². The first-order valence-electron chi connectivity index (χ1n) is 7.19. The normalized spacial score (nSPS) is 13.6. The van der Waals surface area contributed by atoms with E-state index < -0.39 is 0 Å². The van der Waals surface area contributed by atoms with Crippen LogP contribution in [0.4, 0.5) is 0 Å². The van der Waals surface area contributed by atoms with Crippen LogP contribution >= 0.6 is 17.0 Å². The minimum absolute atomic E-state index is 0. The van der Waals surface area contributed by atoms with Crippen LogP contribution < -0.4 is 5.73 Å². The van der Waals surface area contributed by atoms with Gasteiger partial charge in [-0.3, -0.25) is 0 Å². The highest BCUT2D eigenvalue weighted by Crippen LogP contribution is 2.34. The molecule has 0 rings (SSSR count). The monoisotopic (exact) mass is 307 g/mol. The minimum Gasteiger partial charge on any atom is -0.330 e. The van der Waals surface area contributed by atoms with Crippen molar-refractivity contribution in [3.8, 4) is 0 Å². The zero-order valence-electron chi connectivity index (χ0n) is 12.6. The number of nitrogens with two attached hydrogens (primary N) is 1. The van der Waals surface area contributed by atoms with Gasteiger partial charge in [0.15, 0.2) is 0 Å². The smallest absolute Gasteiger partial charge is 0.00206 e. The molecule has 0 aromatic rings. The largest absolute Gasteiger partial charge is 0.330 e. The van der Waals surface area contributed by atoms with Crippen molar-refractivity contribution in [2.45, 2.75) is 73.1 Å². The van der Waals surface area contributed by atoms with Gasteiger partial charge < -0.3 is 5.73 Å². The third kappa shape index (κ3) is 8.20. The molecule has 2 N–H and O–H groups in total. The van der Waals surface area contributed by atoms with Crippen LogP contribution in [0.5, 0.6) is 0 Å². The molecule has 106 valence electrons. The molecular weight excluding hydrogens is 274 g/mol. The average molecular weight is 308 g/mol. The van der Waals surface area contributed by atoms with Gasteiger partial charge in [-0.25, -0.2) is 0 Å². The number of hydrogen-bond acceptors (Lipinski definition) is 1. The predicted molar refractivity (Wildman–Crippen MR) is 84.9 cm³/mol. The summed E-state index contributed by atoms with van der Waals surface area (Å²) < 4.78 is 0. The zero-order valence-corrected chi connectivity index (χ0v) is 14.3. The fourth-order valence-electron chi connectivity index (χ4n) is 2.63. The molecule has 0 amide bonds. The Labute approximate surface area is 120 Å². The van der Waals surface area contributed by atoms with Gasteiger partial charge in [0.05, 0.1) is 0 Å². The van der Waals surface area contributed by atoms with Gasteiger partial charge in [-0.1, -0.05) is 53.9 Å². The van der Waals surface area contributed by atoms with E-state index in [2.05, 4.69) is 34.6 Å². The van der Waals surface area contributed by atoms with Crippen molar-refractivity contribution < 1.29 is 0 Å². The molecule has 0 aromatic carbocycles. The standard InChI is InChI=1S/C15H33N.BrH/c1-6-15(7-2,12-16)11-14(5)10-8-9-13(3)4;/h13-14H,6-12,16H2,1-5H3;1H. The number of rotatable bonds is 9. The fourth-order valence-corrected chi connectivity index (χ4v) is 2.63. The molecule has 0 fully saturated rings. The van der Waals surface area contributed by atoms with Crippen molar-refractivity contribution in [3.63, 3.8) is 0 Å². The molecule has 1 nitrogen and oxygen atoms in total. The second kappa shape index (κ2) is 10.4. The second-order valence-corrected chi connectivity index (χ2v) is 6.05. The van der Waals surface area contributed by atoms with Gasteiger partial charge in [0.1, 0.15) is 0 Å². The maximum Gasteiger partial charge on any atom is -0.00206 e. The molecule has 0 bridgehead atoms. The summed E-state index contributed by atoms with van der Waals surface area (Å²) in [5.74, 6) is 1.69. The highest BCUT2D eigenvalue weighted by Gasteiger charge is 2.26. The van der Waals surface area contributed by atoms with Gasteiger partial charge in [0, 0.05) is 0 Å². The third-order valence-electron chi connectivity index (χ3n) is 4.19. The van der Waals surface area contributed by atoms with Crippen molar-refractivity contribution in [1.82, 2.24) is 0 Å². The first-order chi connectivity index (χ1) is 7.49. The summed E-state index contributed by atoms with van der Waals surface area (Å²) in [7, 11) is 0. The molecule has 0 spiro atoms. The summed E-state index contributed by atoms with van der Waals surface area (Å²) in [6.07, 6.45) is 7.91. The lowest BCUT2D eigenvalue weighted by molar-refractivity contribution is 0.202. The van der Waals surface area contributed by atoms with E-state index in [-0.39, 0.29) is 17.0 Å². The van der Waals surface area contributed by atoms with Crippen LogP contribution in [0.1, 0.15) is 73.1 Å². The van der Waals surface area contributed by atoms with Gasteiger partial charge in [0.25, 0.3) is 0 Å². The highest BCUT2D eigenvalue weighted by molar-refractivity contribution is 8.93. The van der Waals surface area contributed by atoms with Crippen LogP contribution in [0, 0.1) is 17.3 Å². The Morgan fingerprint density at radius 1 is 1.00 bits per heavy atom. The van der Waals surface area contributed by atoms with E-state index in [0.29, 0.717) is 5.41 Å². The maximum atomic E-state index is 5.95. The lowest BCUT2D eigenvalue weighted by Gasteiger charge is -2.33. The maximum absolute atomic E-state index is 5.95. The highest BCUT2D eigenvalue weighted by atomic mass is 79.9. The summed E-state index contributed by atoms with van der Waals surface area (Å²) in [5, 5.41) is 0. The van der Waals surface area contributed by atoms with Crippen LogP contribution in [-0.4, -0.2) is 6.54 Å². The first-order valence-corrected chi connectivity index (χ1v) is 7.19. The lowest BCUT2D eigenvalue weighted by Crippen LogP contribution is -2.31. The Bertz CT molecular complexity index is 156. The van der Waals surface area contributed by atoms with E-state index >= 15 is 0 Å². The van der Waals surface area contributed by atoms with Gasteiger partial charge in [-0.05, 0) is 43.1 Å². The van der Waals surface area contributed by atoms with Crippen molar-refractivity contribution in [2.75, 3.05) is 6.54 Å². The second-order valence-electron chi connectivity index (χ2n) is 6.05. The zero-order chi connectivity index (χ0) is 12.6. The van der Waals surface area contributed by atoms with Crippen LogP contribution in [0.2, 0.25) is 0 Å². The molecule has 0 saturated heterocycles. The average Bonchev–Trinajstić information content (AvgIpc) is 2.25. The lowest BCUT2D eigenvalue weighted by atomic mass is 9.74. The van der Waals surface area contributed by atoms with E-state index in [0.717, 1.165) is 18.4 Å². The Hall–Kier alpha value is 0.440. The summed E-state index contributed by atoms with van der Waals surface area (Å²) in [6.45, 7) is 12.5. The minimum atomic E-state index is 0. The Morgan fingerprint density at radius 2 is 1.53 bits per heavy atom. The van der Waals surface area contributed by atoms with Gasteiger partial charge in [-0.15, -0.1) is 17.0 Å². The molecule has 1 unspecified atom stereocenters. The van der Waals surface area contributed by atoms with Crippen molar-refractivity contribution in [2.24, 2.45) is 23.0 Å². The van der Waals surface area contributed by atoms with Crippen LogP contribution in [0.25, 0.3) is 0 Å². The van der Waals surface area contributed by atoms with E-state index in [9.17, 15) is 0 Å². The summed E-state index contributed by atoms with van der Waals surface area (Å²) in [5.41, 5.74) is 6.37. The van der Waals surface area contributed by atoms with E-state index in [1.165, 1.54) is 38.5 Å². The van der Waals surface area contributed by atoms with Gasteiger partial charge in [0.2, 0.25) is 0 Å². The van der Waals surface area contributed by atoms with Crippen LogP contribution in [-0.2, 0) is 0 Å². The topological polar surface area (TPSA) is 26.0 Å².